The van der Waals surface area contributed by atoms with Gasteiger partial charge in [-0.15, -0.1) is 5.10 Å². The number of aromatic nitrogens is 5. The summed E-state index contributed by atoms with van der Waals surface area (Å²) in [5, 5.41) is 11.4. The fourth-order valence-corrected chi connectivity index (χ4v) is 4.12. The lowest BCUT2D eigenvalue weighted by molar-refractivity contribution is 0.102. The van der Waals surface area contributed by atoms with E-state index in [9.17, 15) is 13.2 Å². The van der Waals surface area contributed by atoms with Crippen molar-refractivity contribution in [3.05, 3.63) is 83.4 Å². The molecule has 0 saturated carbocycles. The maximum atomic E-state index is 12.8. The fourth-order valence-electron chi connectivity index (χ4n) is 3.16. The summed E-state index contributed by atoms with van der Waals surface area (Å²) in [5.74, 6) is -0.479. The van der Waals surface area contributed by atoms with E-state index < -0.39 is 15.9 Å². The molecule has 1 amide bonds. The zero-order valence-corrected chi connectivity index (χ0v) is 19.0. The topological polar surface area (TPSA) is 132 Å². The molecular weight excluding hydrogens is 442 g/mol. The summed E-state index contributed by atoms with van der Waals surface area (Å²) in [4.78, 5) is 21.9. The number of carbonyl (C=O) groups excluding carboxylic acids is 1. The van der Waals surface area contributed by atoms with Crippen LogP contribution in [0.3, 0.4) is 0 Å². The van der Waals surface area contributed by atoms with Gasteiger partial charge >= 0.3 is 0 Å². The van der Waals surface area contributed by atoms with Gasteiger partial charge in [-0.25, -0.2) is 23.1 Å². The summed E-state index contributed by atoms with van der Waals surface area (Å²) in [7, 11) is -3.87. The van der Waals surface area contributed by atoms with Crippen LogP contribution < -0.4 is 10.0 Å². The molecule has 10 nitrogen and oxygen atoms in total. The Morgan fingerprint density at radius 2 is 1.64 bits per heavy atom. The second-order valence-electron chi connectivity index (χ2n) is 7.37. The molecule has 2 aromatic carbocycles. The Labute approximate surface area is 190 Å². The first-order valence-electron chi connectivity index (χ1n) is 9.96. The van der Waals surface area contributed by atoms with Crippen LogP contribution in [-0.4, -0.2) is 39.3 Å². The molecule has 4 aromatic rings. The third-order valence-electron chi connectivity index (χ3n) is 4.78. The van der Waals surface area contributed by atoms with E-state index in [4.69, 9.17) is 0 Å². The van der Waals surface area contributed by atoms with Crippen molar-refractivity contribution < 1.29 is 13.2 Å². The Kier molecular flexibility index (Phi) is 5.88. The maximum absolute atomic E-state index is 12.8. The summed E-state index contributed by atoms with van der Waals surface area (Å²) in [5.41, 5.74) is 3.95. The first kappa shape index (κ1) is 22.1. The third-order valence-corrected chi connectivity index (χ3v) is 6.12. The lowest BCUT2D eigenvalue weighted by Gasteiger charge is -2.08. The van der Waals surface area contributed by atoms with E-state index in [1.54, 1.807) is 13.0 Å². The van der Waals surface area contributed by atoms with Crippen molar-refractivity contribution in [2.45, 2.75) is 25.7 Å². The van der Waals surface area contributed by atoms with Crippen LogP contribution in [0.15, 0.2) is 65.8 Å². The quantitative estimate of drug-likeness (QED) is 0.449. The number of aryl methyl sites for hydroxylation is 3. The van der Waals surface area contributed by atoms with Gasteiger partial charge in [-0.2, -0.15) is 9.90 Å². The van der Waals surface area contributed by atoms with Crippen molar-refractivity contribution in [3.63, 3.8) is 0 Å². The predicted octanol–water partition coefficient (Wildman–Crippen LogP) is 3.04. The highest BCUT2D eigenvalue weighted by Gasteiger charge is 2.19. The molecule has 0 bridgehead atoms. The number of anilines is 2. The van der Waals surface area contributed by atoms with Crippen LogP contribution in [0.25, 0.3) is 5.69 Å². The van der Waals surface area contributed by atoms with Gasteiger partial charge in [-0.3, -0.25) is 4.79 Å². The Balaban J connectivity index is 1.50. The molecule has 33 heavy (non-hydrogen) atoms. The highest BCUT2D eigenvalue weighted by Crippen LogP contribution is 2.18. The fraction of sp³-hybridized carbons (Fsp3) is 0.136. The molecule has 4 rings (SSSR count). The molecule has 2 heterocycles. The van der Waals surface area contributed by atoms with E-state index >= 15 is 0 Å². The third kappa shape index (κ3) is 4.88. The van der Waals surface area contributed by atoms with E-state index in [2.05, 4.69) is 30.2 Å². The van der Waals surface area contributed by atoms with Gasteiger partial charge in [-0.1, -0.05) is 17.7 Å². The zero-order valence-electron chi connectivity index (χ0n) is 18.1. The first-order chi connectivity index (χ1) is 15.7. The van der Waals surface area contributed by atoms with E-state index in [0.29, 0.717) is 11.4 Å². The van der Waals surface area contributed by atoms with Crippen LogP contribution in [0.4, 0.5) is 11.6 Å². The minimum atomic E-state index is -3.87. The molecule has 0 radical (unpaired) electrons. The molecule has 0 aliphatic heterocycles. The number of sulfonamides is 1. The predicted molar refractivity (Wildman–Crippen MR) is 123 cm³/mol. The van der Waals surface area contributed by atoms with Crippen LogP contribution >= 0.6 is 0 Å². The Bertz CT molecular complexity index is 1420. The zero-order chi connectivity index (χ0) is 23.6. The van der Waals surface area contributed by atoms with Gasteiger partial charge in [0.2, 0.25) is 5.95 Å². The number of hydrogen-bond acceptors (Lipinski definition) is 7. The van der Waals surface area contributed by atoms with E-state index in [1.807, 2.05) is 32.0 Å². The van der Waals surface area contributed by atoms with Crippen LogP contribution in [0.2, 0.25) is 0 Å². The molecule has 0 atom stereocenters. The van der Waals surface area contributed by atoms with Gasteiger partial charge in [-0.05, 0) is 62.7 Å². The van der Waals surface area contributed by atoms with Gasteiger partial charge in [0.05, 0.1) is 16.3 Å². The number of benzene rings is 2. The highest BCUT2D eigenvalue weighted by molar-refractivity contribution is 7.92. The van der Waals surface area contributed by atoms with Crippen molar-refractivity contribution in [3.8, 4) is 5.69 Å². The van der Waals surface area contributed by atoms with Crippen LogP contribution in [0, 0.1) is 20.8 Å². The van der Waals surface area contributed by atoms with Crippen molar-refractivity contribution in [2.24, 2.45) is 0 Å². The first-order valence-corrected chi connectivity index (χ1v) is 11.4. The molecule has 0 unspecified atom stereocenters. The molecule has 0 spiro atoms. The number of hydrogen-bond donors (Lipinski definition) is 2. The second-order valence-corrected chi connectivity index (χ2v) is 9.05. The minimum absolute atomic E-state index is 0.00456. The van der Waals surface area contributed by atoms with Crippen molar-refractivity contribution in [1.82, 2.24) is 25.0 Å². The smallest absolute Gasteiger partial charge is 0.278 e. The van der Waals surface area contributed by atoms with Crippen LogP contribution in [0.5, 0.6) is 0 Å². The van der Waals surface area contributed by atoms with Gasteiger partial charge in [0.25, 0.3) is 15.9 Å². The van der Waals surface area contributed by atoms with Gasteiger partial charge < -0.3 is 5.32 Å². The van der Waals surface area contributed by atoms with Crippen LogP contribution in [-0.2, 0) is 10.0 Å². The lowest BCUT2D eigenvalue weighted by atomic mass is 10.1. The normalized spacial score (nSPS) is 11.2. The molecule has 168 valence electrons. The SMILES string of the molecule is Cc1ccc(-n2nc(C)c(C(=O)Nc3ccc(S(=O)(=O)Nc4ncccn4)cc3)n2)c(C)c1. The number of nitrogens with one attached hydrogen (secondary N) is 2. The standard InChI is InChI=1S/C22H21N7O3S/c1-14-5-10-19(15(2)13-14)29-26-16(3)20(27-29)21(30)25-17-6-8-18(9-7-17)33(31,32)28-22-23-11-4-12-24-22/h4-13H,1-3H3,(H,25,30)(H,23,24,28). The molecule has 0 aliphatic rings. The number of carbonyl (C=O) groups is 1. The molecule has 0 saturated heterocycles. The van der Waals surface area contributed by atoms with E-state index in [-0.39, 0.29) is 16.5 Å². The summed E-state index contributed by atoms with van der Waals surface area (Å²) in [6.07, 6.45) is 2.86. The number of nitrogens with zero attached hydrogens (tertiary/aromatic N) is 5. The van der Waals surface area contributed by atoms with Crippen molar-refractivity contribution in [1.29, 1.82) is 0 Å². The van der Waals surface area contributed by atoms with Crippen molar-refractivity contribution >= 4 is 27.6 Å². The van der Waals surface area contributed by atoms with E-state index in [0.717, 1.165) is 16.8 Å². The van der Waals surface area contributed by atoms with Gasteiger partial charge in [0.15, 0.2) is 5.69 Å². The van der Waals surface area contributed by atoms with Gasteiger partial charge in [0.1, 0.15) is 0 Å². The molecule has 11 heteroatoms. The molecule has 0 fully saturated rings. The highest BCUT2D eigenvalue weighted by atomic mass is 32.2. The molecular formula is C22H21N7O3S. The minimum Gasteiger partial charge on any atom is -0.321 e. The molecule has 2 aromatic heterocycles. The summed E-state index contributed by atoms with van der Waals surface area (Å²) < 4.78 is 27.3. The number of rotatable bonds is 6. The Morgan fingerprint density at radius 1 is 0.939 bits per heavy atom. The Hall–Kier alpha value is -4.12. The average molecular weight is 464 g/mol. The van der Waals surface area contributed by atoms with Crippen molar-refractivity contribution in [2.75, 3.05) is 10.0 Å². The number of amides is 1. The summed E-state index contributed by atoms with van der Waals surface area (Å²) >= 11 is 0. The maximum Gasteiger partial charge on any atom is 0.278 e. The average Bonchev–Trinajstić information content (AvgIpc) is 3.16. The van der Waals surface area contributed by atoms with Gasteiger partial charge in [0, 0.05) is 18.1 Å². The lowest BCUT2D eigenvalue weighted by Crippen LogP contribution is -2.16. The second kappa shape index (κ2) is 8.79. The summed E-state index contributed by atoms with van der Waals surface area (Å²) in [6, 6.07) is 13.2. The van der Waals surface area contributed by atoms with Crippen LogP contribution in [0.1, 0.15) is 27.3 Å². The Morgan fingerprint density at radius 3 is 2.30 bits per heavy atom. The molecule has 2 N–H and O–H groups in total. The monoisotopic (exact) mass is 463 g/mol. The van der Waals surface area contributed by atoms with E-state index in [1.165, 1.54) is 41.5 Å². The molecule has 0 aliphatic carbocycles. The summed E-state index contributed by atoms with van der Waals surface area (Å²) in [6.45, 7) is 5.66. The largest absolute Gasteiger partial charge is 0.321 e.